The van der Waals surface area contributed by atoms with E-state index in [0.29, 0.717) is 11.3 Å². The van der Waals surface area contributed by atoms with Gasteiger partial charge in [-0.05, 0) is 50.1 Å². The molecule has 2 rings (SSSR count). The lowest BCUT2D eigenvalue weighted by molar-refractivity contribution is 0.102. The van der Waals surface area contributed by atoms with Crippen molar-refractivity contribution in [2.24, 2.45) is 0 Å². The molecule has 0 saturated carbocycles. The van der Waals surface area contributed by atoms with E-state index in [1.807, 2.05) is 45.0 Å². The van der Waals surface area contributed by atoms with Crippen LogP contribution in [0.25, 0.3) is 0 Å². The zero-order chi connectivity index (χ0) is 14.0. The monoisotopic (exact) mass is 255 g/mol. The molecule has 0 atom stereocenters. The molecule has 0 fully saturated rings. The number of phenols is 1. The van der Waals surface area contributed by atoms with E-state index in [-0.39, 0.29) is 11.7 Å². The fraction of sp³-hybridized carbons (Fsp3) is 0.188. The molecule has 2 N–H and O–H groups in total. The molecule has 98 valence electrons. The number of anilines is 1. The van der Waals surface area contributed by atoms with Crippen LogP contribution in [0, 0.1) is 20.8 Å². The number of nitrogens with one attached hydrogen (secondary N) is 1. The van der Waals surface area contributed by atoms with Crippen molar-refractivity contribution in [1.82, 2.24) is 0 Å². The van der Waals surface area contributed by atoms with E-state index in [2.05, 4.69) is 5.32 Å². The lowest BCUT2D eigenvalue weighted by atomic mass is 10.0. The Labute approximate surface area is 112 Å². The maximum absolute atomic E-state index is 12.2. The van der Waals surface area contributed by atoms with E-state index >= 15 is 0 Å². The number of amides is 1. The molecule has 0 aliphatic carbocycles. The second-order valence-corrected chi connectivity index (χ2v) is 4.79. The summed E-state index contributed by atoms with van der Waals surface area (Å²) in [6.45, 7) is 5.72. The van der Waals surface area contributed by atoms with Gasteiger partial charge in [0.05, 0.1) is 5.69 Å². The normalized spacial score (nSPS) is 10.3. The summed E-state index contributed by atoms with van der Waals surface area (Å²) in [5.41, 5.74) is 3.94. The molecular formula is C16H17NO2. The number of carbonyl (C=O) groups is 1. The van der Waals surface area contributed by atoms with E-state index < -0.39 is 0 Å². The summed E-state index contributed by atoms with van der Waals surface area (Å²) in [5.74, 6) is -0.126. The first-order chi connectivity index (χ1) is 8.97. The molecule has 0 aliphatic rings. The van der Waals surface area contributed by atoms with Gasteiger partial charge in [0.2, 0.25) is 0 Å². The highest BCUT2D eigenvalue weighted by Crippen LogP contribution is 2.25. The number of phenolic OH excluding ortho intramolecular Hbond substituents is 1. The fourth-order valence-corrected chi connectivity index (χ4v) is 1.92. The topological polar surface area (TPSA) is 49.3 Å². The lowest BCUT2D eigenvalue weighted by Crippen LogP contribution is -2.13. The molecule has 2 aromatic carbocycles. The standard InChI is InChI=1S/C16H17NO2/c1-10-4-6-12(3)13(8-10)16(19)17-14-7-5-11(2)9-15(14)18/h4-9,18H,1-3H3,(H,17,19). The summed E-state index contributed by atoms with van der Waals surface area (Å²) in [4.78, 5) is 12.2. The highest BCUT2D eigenvalue weighted by atomic mass is 16.3. The SMILES string of the molecule is Cc1ccc(NC(=O)c2cc(C)ccc2C)c(O)c1. The fourth-order valence-electron chi connectivity index (χ4n) is 1.92. The second-order valence-electron chi connectivity index (χ2n) is 4.79. The minimum absolute atomic E-state index is 0.0821. The third kappa shape index (κ3) is 2.94. The Balaban J connectivity index is 2.28. The van der Waals surface area contributed by atoms with Crippen molar-refractivity contribution in [1.29, 1.82) is 0 Å². The van der Waals surface area contributed by atoms with Gasteiger partial charge in [-0.15, -0.1) is 0 Å². The third-order valence-corrected chi connectivity index (χ3v) is 3.04. The van der Waals surface area contributed by atoms with E-state index in [9.17, 15) is 9.90 Å². The van der Waals surface area contributed by atoms with Gasteiger partial charge in [0.1, 0.15) is 5.75 Å². The Kier molecular flexibility index (Phi) is 3.56. The molecule has 0 heterocycles. The van der Waals surface area contributed by atoms with Crippen molar-refractivity contribution >= 4 is 11.6 Å². The van der Waals surface area contributed by atoms with E-state index in [1.165, 1.54) is 0 Å². The first kappa shape index (κ1) is 13.1. The van der Waals surface area contributed by atoms with Gasteiger partial charge >= 0.3 is 0 Å². The van der Waals surface area contributed by atoms with Gasteiger partial charge in [0, 0.05) is 5.56 Å². The number of hydrogen-bond acceptors (Lipinski definition) is 2. The van der Waals surface area contributed by atoms with E-state index in [0.717, 1.165) is 16.7 Å². The van der Waals surface area contributed by atoms with Crippen molar-refractivity contribution in [3.05, 3.63) is 58.7 Å². The largest absolute Gasteiger partial charge is 0.506 e. The molecule has 1 amide bonds. The third-order valence-electron chi connectivity index (χ3n) is 3.04. The van der Waals surface area contributed by atoms with E-state index in [4.69, 9.17) is 0 Å². The Morgan fingerprint density at radius 1 is 1.00 bits per heavy atom. The van der Waals surface area contributed by atoms with Gasteiger partial charge in [-0.2, -0.15) is 0 Å². The molecule has 0 aromatic heterocycles. The smallest absolute Gasteiger partial charge is 0.256 e. The number of benzene rings is 2. The predicted molar refractivity (Wildman–Crippen MR) is 76.7 cm³/mol. The minimum atomic E-state index is -0.208. The van der Waals surface area contributed by atoms with Crippen LogP contribution in [0.5, 0.6) is 5.75 Å². The van der Waals surface area contributed by atoms with Gasteiger partial charge < -0.3 is 10.4 Å². The number of aromatic hydroxyl groups is 1. The van der Waals surface area contributed by atoms with Crippen molar-refractivity contribution in [3.8, 4) is 5.75 Å². The highest BCUT2D eigenvalue weighted by Gasteiger charge is 2.11. The Morgan fingerprint density at radius 2 is 1.63 bits per heavy atom. The minimum Gasteiger partial charge on any atom is -0.506 e. The van der Waals surface area contributed by atoms with Crippen LogP contribution >= 0.6 is 0 Å². The van der Waals surface area contributed by atoms with Gasteiger partial charge in [-0.25, -0.2) is 0 Å². The predicted octanol–water partition coefficient (Wildman–Crippen LogP) is 3.57. The van der Waals surface area contributed by atoms with Crippen molar-refractivity contribution in [3.63, 3.8) is 0 Å². The first-order valence-electron chi connectivity index (χ1n) is 6.15. The molecule has 3 nitrogen and oxygen atoms in total. The summed E-state index contributed by atoms with van der Waals surface area (Å²) >= 11 is 0. The molecule has 0 spiro atoms. The zero-order valence-corrected chi connectivity index (χ0v) is 11.3. The van der Waals surface area contributed by atoms with Gasteiger partial charge in [0.25, 0.3) is 5.91 Å². The van der Waals surface area contributed by atoms with Crippen LogP contribution in [0.15, 0.2) is 36.4 Å². The number of rotatable bonds is 2. The summed E-state index contributed by atoms with van der Waals surface area (Å²) in [6.07, 6.45) is 0. The molecule has 0 unspecified atom stereocenters. The van der Waals surface area contributed by atoms with Crippen LogP contribution in [0.4, 0.5) is 5.69 Å². The van der Waals surface area contributed by atoms with Crippen LogP contribution in [0.2, 0.25) is 0 Å². The molecule has 0 radical (unpaired) electrons. The van der Waals surface area contributed by atoms with Crippen LogP contribution in [-0.2, 0) is 0 Å². The molecule has 0 saturated heterocycles. The van der Waals surface area contributed by atoms with Crippen LogP contribution in [0.1, 0.15) is 27.0 Å². The Bertz CT molecular complexity index is 633. The zero-order valence-electron chi connectivity index (χ0n) is 11.3. The van der Waals surface area contributed by atoms with Crippen LogP contribution in [-0.4, -0.2) is 11.0 Å². The summed E-state index contributed by atoms with van der Waals surface area (Å²) in [6, 6.07) is 10.9. The van der Waals surface area contributed by atoms with Gasteiger partial charge in [-0.3, -0.25) is 4.79 Å². The number of carbonyl (C=O) groups excluding carboxylic acids is 1. The maximum atomic E-state index is 12.2. The first-order valence-corrected chi connectivity index (χ1v) is 6.15. The summed E-state index contributed by atoms with van der Waals surface area (Å²) in [7, 11) is 0. The van der Waals surface area contributed by atoms with Crippen molar-refractivity contribution < 1.29 is 9.90 Å². The Morgan fingerprint density at radius 3 is 2.32 bits per heavy atom. The molecule has 3 heteroatoms. The van der Waals surface area contributed by atoms with Crippen molar-refractivity contribution in [2.45, 2.75) is 20.8 Å². The van der Waals surface area contributed by atoms with E-state index in [1.54, 1.807) is 12.1 Å². The molecule has 0 bridgehead atoms. The molecule has 19 heavy (non-hydrogen) atoms. The molecule has 0 aliphatic heterocycles. The Hall–Kier alpha value is -2.29. The molecule has 2 aromatic rings. The lowest BCUT2D eigenvalue weighted by Gasteiger charge is -2.10. The quantitative estimate of drug-likeness (QED) is 0.806. The molecular weight excluding hydrogens is 238 g/mol. The summed E-state index contributed by atoms with van der Waals surface area (Å²) in [5, 5.41) is 12.5. The maximum Gasteiger partial charge on any atom is 0.256 e. The average Bonchev–Trinajstić information content (AvgIpc) is 2.35. The van der Waals surface area contributed by atoms with Gasteiger partial charge in [-0.1, -0.05) is 23.8 Å². The van der Waals surface area contributed by atoms with Crippen LogP contribution < -0.4 is 5.32 Å². The highest BCUT2D eigenvalue weighted by molar-refractivity contribution is 6.06. The van der Waals surface area contributed by atoms with Gasteiger partial charge in [0.15, 0.2) is 0 Å². The average molecular weight is 255 g/mol. The van der Waals surface area contributed by atoms with Crippen LogP contribution in [0.3, 0.4) is 0 Å². The second kappa shape index (κ2) is 5.14. The number of aryl methyl sites for hydroxylation is 3. The summed E-state index contributed by atoms with van der Waals surface area (Å²) < 4.78 is 0. The number of hydrogen-bond donors (Lipinski definition) is 2. The van der Waals surface area contributed by atoms with Crippen molar-refractivity contribution in [2.75, 3.05) is 5.32 Å².